The molecule has 0 saturated heterocycles. The molecule has 1 aromatic carbocycles. The first-order valence-electron chi connectivity index (χ1n) is 11.1. The van der Waals surface area contributed by atoms with Gasteiger partial charge in [-0.3, -0.25) is 4.39 Å². The average Bonchev–Trinajstić information content (AvgIpc) is 2.69. The van der Waals surface area contributed by atoms with Crippen molar-refractivity contribution in [1.82, 2.24) is 0 Å². The van der Waals surface area contributed by atoms with Gasteiger partial charge in [0.25, 0.3) is 0 Å². The molecule has 1 aromatic rings. The highest BCUT2D eigenvalue weighted by atomic mass is 19.1. The standard InChI is InChI=1S/C25H34F2/c1-2-3-19-4-10-22(11-5-19)23-12-6-20(7-13-23)8-14-24-15-9-21(16-17-26)18-25(24)27/h9,15,18-20,22-23H,2-7,10-13,16-17H2,1H3. The van der Waals surface area contributed by atoms with Crippen molar-refractivity contribution in [3.63, 3.8) is 0 Å². The van der Waals surface area contributed by atoms with Gasteiger partial charge in [0.15, 0.2) is 0 Å². The lowest BCUT2D eigenvalue weighted by molar-refractivity contribution is 0.154. The Morgan fingerprint density at radius 1 is 0.963 bits per heavy atom. The van der Waals surface area contributed by atoms with Crippen LogP contribution in [0.3, 0.4) is 0 Å². The number of alkyl halides is 1. The van der Waals surface area contributed by atoms with E-state index >= 15 is 0 Å². The van der Waals surface area contributed by atoms with Crippen LogP contribution in [0.15, 0.2) is 18.2 Å². The highest BCUT2D eigenvalue weighted by Crippen LogP contribution is 2.42. The van der Waals surface area contributed by atoms with Gasteiger partial charge in [-0.05, 0) is 74.0 Å². The summed E-state index contributed by atoms with van der Waals surface area (Å²) in [4.78, 5) is 0. The fourth-order valence-corrected chi connectivity index (χ4v) is 5.20. The molecule has 2 saturated carbocycles. The molecule has 148 valence electrons. The number of benzene rings is 1. The van der Waals surface area contributed by atoms with Gasteiger partial charge < -0.3 is 0 Å². The average molecular weight is 373 g/mol. The SMILES string of the molecule is CCCC1CCC(C2CCC(C#Cc3ccc(CCF)cc3F)CC2)CC1. The molecule has 3 rings (SSSR count). The first-order valence-corrected chi connectivity index (χ1v) is 11.1. The molecule has 2 aliphatic rings. The molecule has 0 heterocycles. The molecule has 27 heavy (non-hydrogen) atoms. The third-order valence-electron chi connectivity index (χ3n) is 6.85. The van der Waals surface area contributed by atoms with Crippen molar-refractivity contribution < 1.29 is 8.78 Å². The normalized spacial score (nSPS) is 28.4. The molecule has 0 spiro atoms. The molecule has 0 aromatic heterocycles. The fraction of sp³-hybridized carbons (Fsp3) is 0.680. The van der Waals surface area contributed by atoms with Crippen molar-refractivity contribution in [2.75, 3.05) is 6.67 Å². The minimum absolute atomic E-state index is 0.273. The summed E-state index contributed by atoms with van der Waals surface area (Å²) in [6.07, 6.45) is 13.7. The number of rotatable bonds is 5. The topological polar surface area (TPSA) is 0 Å². The van der Waals surface area contributed by atoms with Crippen LogP contribution in [0.4, 0.5) is 8.78 Å². The minimum Gasteiger partial charge on any atom is -0.251 e. The number of hydrogen-bond acceptors (Lipinski definition) is 0. The molecule has 2 heteroatoms. The highest BCUT2D eigenvalue weighted by molar-refractivity contribution is 5.38. The first kappa shape index (κ1) is 20.4. The van der Waals surface area contributed by atoms with Crippen molar-refractivity contribution in [3.8, 4) is 11.8 Å². The molecule has 0 bridgehead atoms. The van der Waals surface area contributed by atoms with Gasteiger partial charge in [-0.2, -0.15) is 0 Å². The van der Waals surface area contributed by atoms with E-state index < -0.39 is 6.67 Å². The Kier molecular flexibility index (Phi) is 7.74. The van der Waals surface area contributed by atoms with Gasteiger partial charge in [-0.15, -0.1) is 0 Å². The van der Waals surface area contributed by atoms with E-state index in [9.17, 15) is 8.78 Å². The second-order valence-electron chi connectivity index (χ2n) is 8.70. The van der Waals surface area contributed by atoms with Crippen LogP contribution in [-0.4, -0.2) is 6.67 Å². The van der Waals surface area contributed by atoms with Gasteiger partial charge >= 0.3 is 0 Å². The second-order valence-corrected chi connectivity index (χ2v) is 8.70. The van der Waals surface area contributed by atoms with E-state index in [1.165, 1.54) is 57.4 Å². The molecule has 0 radical (unpaired) electrons. The van der Waals surface area contributed by atoms with Crippen LogP contribution in [0, 0.1) is 41.3 Å². The lowest BCUT2D eigenvalue weighted by atomic mass is 9.69. The van der Waals surface area contributed by atoms with Crippen LogP contribution in [0.5, 0.6) is 0 Å². The van der Waals surface area contributed by atoms with E-state index in [1.54, 1.807) is 12.1 Å². The smallest absolute Gasteiger partial charge is 0.139 e. The van der Waals surface area contributed by atoms with E-state index in [0.29, 0.717) is 17.0 Å². The molecule has 0 amide bonds. The van der Waals surface area contributed by atoms with E-state index in [1.807, 2.05) is 0 Å². The Morgan fingerprint density at radius 2 is 1.63 bits per heavy atom. The summed E-state index contributed by atoms with van der Waals surface area (Å²) in [7, 11) is 0. The quantitative estimate of drug-likeness (QED) is 0.483. The van der Waals surface area contributed by atoms with Gasteiger partial charge in [0, 0.05) is 12.3 Å². The summed E-state index contributed by atoms with van der Waals surface area (Å²) in [6.45, 7) is 1.85. The Balaban J connectivity index is 1.47. The summed E-state index contributed by atoms with van der Waals surface area (Å²) in [5.41, 5.74) is 1.16. The van der Waals surface area contributed by atoms with Crippen LogP contribution in [0.25, 0.3) is 0 Å². The fourth-order valence-electron chi connectivity index (χ4n) is 5.20. The minimum atomic E-state index is -0.450. The van der Waals surface area contributed by atoms with Crippen LogP contribution in [0.2, 0.25) is 0 Å². The van der Waals surface area contributed by atoms with E-state index in [4.69, 9.17) is 0 Å². The van der Waals surface area contributed by atoms with Crippen molar-refractivity contribution in [1.29, 1.82) is 0 Å². The first-order chi connectivity index (χ1) is 13.2. The monoisotopic (exact) mass is 372 g/mol. The summed E-state index contributed by atoms with van der Waals surface area (Å²) < 4.78 is 26.5. The summed E-state index contributed by atoms with van der Waals surface area (Å²) in [5.74, 6) is 9.27. The second kappa shape index (κ2) is 10.3. The van der Waals surface area contributed by atoms with Gasteiger partial charge in [0.05, 0.1) is 12.2 Å². The zero-order valence-corrected chi connectivity index (χ0v) is 16.8. The molecule has 0 atom stereocenters. The third kappa shape index (κ3) is 5.81. The maximum atomic E-state index is 14.1. The molecule has 0 unspecified atom stereocenters. The largest absolute Gasteiger partial charge is 0.251 e. The maximum absolute atomic E-state index is 14.1. The van der Waals surface area contributed by atoms with Crippen LogP contribution in [0.1, 0.15) is 82.3 Å². The number of halogens is 2. The van der Waals surface area contributed by atoms with Gasteiger partial charge in [-0.25, -0.2) is 4.39 Å². The van der Waals surface area contributed by atoms with E-state index in [2.05, 4.69) is 18.8 Å². The molecule has 2 fully saturated rings. The van der Waals surface area contributed by atoms with Crippen LogP contribution in [-0.2, 0) is 6.42 Å². The lowest BCUT2D eigenvalue weighted by Crippen LogP contribution is -2.25. The molecule has 0 aliphatic heterocycles. The van der Waals surface area contributed by atoms with E-state index in [-0.39, 0.29) is 12.2 Å². The molecule has 2 aliphatic carbocycles. The van der Waals surface area contributed by atoms with Crippen LogP contribution >= 0.6 is 0 Å². The highest BCUT2D eigenvalue weighted by Gasteiger charge is 2.30. The van der Waals surface area contributed by atoms with E-state index in [0.717, 1.165) is 30.6 Å². The predicted octanol–water partition coefficient (Wildman–Crippen LogP) is 7.10. The lowest BCUT2D eigenvalue weighted by Gasteiger charge is -2.37. The zero-order chi connectivity index (χ0) is 19.1. The van der Waals surface area contributed by atoms with Gasteiger partial charge in [0.2, 0.25) is 0 Å². The molecular formula is C25H34F2. The Bertz CT molecular complexity index is 638. The Morgan fingerprint density at radius 3 is 2.22 bits per heavy atom. The Hall–Kier alpha value is -1.36. The molecular weight excluding hydrogens is 338 g/mol. The Labute approximate surface area is 164 Å². The number of hydrogen-bond donors (Lipinski definition) is 0. The predicted molar refractivity (Wildman–Crippen MR) is 109 cm³/mol. The van der Waals surface area contributed by atoms with Gasteiger partial charge in [0.1, 0.15) is 5.82 Å². The zero-order valence-electron chi connectivity index (χ0n) is 16.8. The van der Waals surface area contributed by atoms with Crippen molar-refractivity contribution in [2.24, 2.45) is 23.7 Å². The summed E-state index contributed by atoms with van der Waals surface area (Å²) in [5, 5.41) is 0. The summed E-state index contributed by atoms with van der Waals surface area (Å²) >= 11 is 0. The van der Waals surface area contributed by atoms with Gasteiger partial charge in [-0.1, -0.05) is 50.5 Å². The van der Waals surface area contributed by atoms with Crippen molar-refractivity contribution >= 4 is 0 Å². The third-order valence-corrected chi connectivity index (χ3v) is 6.85. The van der Waals surface area contributed by atoms with Crippen LogP contribution < -0.4 is 0 Å². The van der Waals surface area contributed by atoms with Crippen molar-refractivity contribution in [2.45, 2.75) is 77.6 Å². The molecule has 0 N–H and O–H groups in total. The maximum Gasteiger partial charge on any atom is 0.139 e. The number of aryl methyl sites for hydroxylation is 1. The summed E-state index contributed by atoms with van der Waals surface area (Å²) in [6, 6.07) is 4.92. The molecule has 0 nitrogen and oxygen atoms in total. The van der Waals surface area contributed by atoms with Crippen molar-refractivity contribution in [3.05, 3.63) is 35.1 Å².